The first-order valence-corrected chi connectivity index (χ1v) is 32.7. The van der Waals surface area contributed by atoms with Gasteiger partial charge >= 0.3 is 17.9 Å². The summed E-state index contributed by atoms with van der Waals surface area (Å²) in [5.74, 6) is -0.927. The number of hydrogen-bond donors (Lipinski definition) is 0. The van der Waals surface area contributed by atoms with Crippen molar-refractivity contribution in [2.75, 3.05) is 13.2 Å². The van der Waals surface area contributed by atoms with Crippen LogP contribution in [0, 0.1) is 0 Å². The second-order valence-electron chi connectivity index (χ2n) is 21.3. The fourth-order valence-electron chi connectivity index (χ4n) is 8.83. The third kappa shape index (κ3) is 64.3. The van der Waals surface area contributed by atoms with E-state index in [2.05, 4.69) is 154 Å². The van der Waals surface area contributed by atoms with Crippen molar-refractivity contribution in [2.45, 2.75) is 297 Å². The quantitative estimate of drug-likeness (QED) is 0.0261. The fourth-order valence-corrected chi connectivity index (χ4v) is 8.83. The molecule has 1 unspecified atom stereocenters. The lowest BCUT2D eigenvalue weighted by molar-refractivity contribution is -0.167. The van der Waals surface area contributed by atoms with E-state index in [0.717, 1.165) is 135 Å². The normalized spacial score (nSPS) is 13.0. The number of hydrogen-bond acceptors (Lipinski definition) is 6. The molecule has 0 saturated carbocycles. The summed E-state index contributed by atoms with van der Waals surface area (Å²) < 4.78 is 16.8. The lowest BCUT2D eigenvalue weighted by atomic mass is 10.0. The van der Waals surface area contributed by atoms with Crippen LogP contribution >= 0.6 is 0 Å². The van der Waals surface area contributed by atoms with E-state index in [1.54, 1.807) is 0 Å². The minimum absolute atomic E-state index is 0.0915. The maximum Gasteiger partial charge on any atom is 0.306 e. The summed E-state index contributed by atoms with van der Waals surface area (Å²) in [4.78, 5) is 38.1. The molecule has 1 atom stereocenters. The van der Waals surface area contributed by atoms with Crippen LogP contribution in [0.15, 0.2) is 134 Å². The van der Waals surface area contributed by atoms with E-state index in [9.17, 15) is 14.4 Å². The predicted molar refractivity (Wildman–Crippen MR) is 343 cm³/mol. The van der Waals surface area contributed by atoms with E-state index >= 15 is 0 Å². The average Bonchev–Trinajstić information content (AvgIpc) is 3.45. The predicted octanol–water partition coefficient (Wildman–Crippen LogP) is 22.5. The Balaban J connectivity index is 4.09. The molecule has 0 rings (SSSR count). The van der Waals surface area contributed by atoms with Crippen LogP contribution in [0.1, 0.15) is 290 Å². The molecule has 0 radical (unpaired) electrons. The van der Waals surface area contributed by atoms with Gasteiger partial charge in [0.05, 0.1) is 0 Å². The lowest BCUT2D eigenvalue weighted by Crippen LogP contribution is -2.30. The first kappa shape index (κ1) is 74.5. The molecule has 6 heteroatoms. The van der Waals surface area contributed by atoms with Crippen molar-refractivity contribution < 1.29 is 28.6 Å². The first-order valence-electron chi connectivity index (χ1n) is 32.7. The molecule has 6 nitrogen and oxygen atoms in total. The highest BCUT2D eigenvalue weighted by atomic mass is 16.6. The number of rotatable bonds is 58. The van der Waals surface area contributed by atoms with Crippen molar-refractivity contribution in [3.05, 3.63) is 134 Å². The number of carbonyl (C=O) groups excluding carboxylic acids is 3. The van der Waals surface area contributed by atoms with Crippen LogP contribution in [0.25, 0.3) is 0 Å². The molecule has 0 bridgehead atoms. The van der Waals surface area contributed by atoms with E-state index in [0.29, 0.717) is 12.8 Å². The van der Waals surface area contributed by atoms with Crippen molar-refractivity contribution in [3.8, 4) is 0 Å². The number of unbranched alkanes of at least 4 members (excludes halogenated alkanes) is 25. The zero-order valence-electron chi connectivity index (χ0n) is 51.3. The standard InChI is InChI=1S/C73H120O6/c1-4-7-10-13-16-18-20-22-24-26-28-29-30-31-32-33-34-35-36-37-38-39-40-41-42-43-45-46-48-50-52-54-57-60-63-66-72(75)78-69-70(68-77-71(74)65-62-59-56-15-12-9-6-3)79-73(76)67-64-61-58-55-53-51-49-47-44-27-25-23-21-19-17-14-11-8-5-2/h7-8,10-11,16-19,22-25,28-29,31-32,34-35,44,47,51,53,70H,4-6,9,12-15,20-21,26-27,30,33,36-43,45-46,48-50,52,54-69H2,1-3H3/b10-7-,11-8-,18-16-,19-17-,24-22-,25-23-,29-28-,32-31-,35-34-,47-44-,53-51-. The van der Waals surface area contributed by atoms with Crippen molar-refractivity contribution in [1.82, 2.24) is 0 Å². The molecule has 448 valence electrons. The molecule has 0 aliphatic heterocycles. The van der Waals surface area contributed by atoms with Gasteiger partial charge in [0.1, 0.15) is 13.2 Å². The smallest absolute Gasteiger partial charge is 0.306 e. The summed E-state index contributed by atoms with van der Waals surface area (Å²) in [5.41, 5.74) is 0. The van der Waals surface area contributed by atoms with Crippen LogP contribution in [0.3, 0.4) is 0 Å². The van der Waals surface area contributed by atoms with Gasteiger partial charge in [-0.15, -0.1) is 0 Å². The van der Waals surface area contributed by atoms with Crippen LogP contribution in [0.2, 0.25) is 0 Å². The molecular weight excluding hydrogens is 973 g/mol. The van der Waals surface area contributed by atoms with Gasteiger partial charge in [-0.25, -0.2) is 0 Å². The second-order valence-corrected chi connectivity index (χ2v) is 21.3. The van der Waals surface area contributed by atoms with E-state index in [1.807, 2.05) is 0 Å². The summed E-state index contributed by atoms with van der Waals surface area (Å²) in [7, 11) is 0. The van der Waals surface area contributed by atoms with E-state index in [-0.39, 0.29) is 37.5 Å². The van der Waals surface area contributed by atoms with E-state index in [4.69, 9.17) is 14.2 Å². The van der Waals surface area contributed by atoms with Gasteiger partial charge in [0, 0.05) is 19.3 Å². The minimum atomic E-state index is -0.795. The van der Waals surface area contributed by atoms with Gasteiger partial charge in [-0.3, -0.25) is 14.4 Å². The summed E-state index contributed by atoms with van der Waals surface area (Å²) in [6.07, 6.45) is 93.6. The van der Waals surface area contributed by atoms with Gasteiger partial charge in [-0.05, 0) is 116 Å². The molecule has 0 amide bonds. The Morgan fingerprint density at radius 3 is 0.785 bits per heavy atom. The molecule has 0 fully saturated rings. The number of esters is 3. The van der Waals surface area contributed by atoms with Crippen LogP contribution in [-0.2, 0) is 28.6 Å². The van der Waals surface area contributed by atoms with Crippen molar-refractivity contribution in [3.63, 3.8) is 0 Å². The molecule has 0 aromatic rings. The van der Waals surface area contributed by atoms with Crippen molar-refractivity contribution in [2.24, 2.45) is 0 Å². The minimum Gasteiger partial charge on any atom is -0.462 e. The number of allylic oxidation sites excluding steroid dienone is 22. The van der Waals surface area contributed by atoms with E-state index in [1.165, 1.54) is 116 Å². The molecule has 0 N–H and O–H groups in total. The molecule has 0 aliphatic carbocycles. The number of ether oxygens (including phenoxy) is 3. The van der Waals surface area contributed by atoms with Crippen LogP contribution in [0.4, 0.5) is 0 Å². The Labute approximate surface area is 487 Å². The van der Waals surface area contributed by atoms with Gasteiger partial charge in [-0.1, -0.05) is 289 Å². The average molecular weight is 1090 g/mol. The first-order chi connectivity index (χ1) is 39.0. The maximum atomic E-state index is 12.8. The highest BCUT2D eigenvalue weighted by Crippen LogP contribution is 2.16. The zero-order valence-corrected chi connectivity index (χ0v) is 51.3. The van der Waals surface area contributed by atoms with Gasteiger partial charge in [-0.2, -0.15) is 0 Å². The summed E-state index contributed by atoms with van der Waals surface area (Å²) >= 11 is 0. The van der Waals surface area contributed by atoms with Crippen molar-refractivity contribution in [1.29, 1.82) is 0 Å². The number of carbonyl (C=O) groups is 3. The molecule has 0 spiro atoms. The largest absolute Gasteiger partial charge is 0.462 e. The van der Waals surface area contributed by atoms with Crippen LogP contribution in [-0.4, -0.2) is 37.2 Å². The Morgan fingerprint density at radius 2 is 0.494 bits per heavy atom. The molecule has 0 heterocycles. The maximum absolute atomic E-state index is 12.8. The second kappa shape index (κ2) is 66.1. The highest BCUT2D eigenvalue weighted by Gasteiger charge is 2.19. The third-order valence-electron chi connectivity index (χ3n) is 13.7. The van der Waals surface area contributed by atoms with E-state index < -0.39 is 6.10 Å². The molecule has 0 aromatic heterocycles. The Hall–Kier alpha value is -4.45. The summed E-state index contributed by atoms with van der Waals surface area (Å²) in [6.45, 7) is 6.35. The van der Waals surface area contributed by atoms with Crippen LogP contribution < -0.4 is 0 Å². The SMILES string of the molecule is CC/C=C\C/C=C\C/C=C\C/C=C\C/C=C\C/C=C\CCCCCCCCCCCCCCCCCCC(=O)OCC(COC(=O)CCCCCCCCC)OC(=O)CCCCC/C=C\C/C=C\C/C=C\C/C=C\C/C=C\CC. The van der Waals surface area contributed by atoms with Gasteiger partial charge in [0.15, 0.2) is 6.10 Å². The fraction of sp³-hybridized carbons (Fsp3) is 0.658. The molecule has 79 heavy (non-hydrogen) atoms. The molecule has 0 aliphatic rings. The molecule has 0 aromatic carbocycles. The third-order valence-corrected chi connectivity index (χ3v) is 13.7. The highest BCUT2D eigenvalue weighted by molar-refractivity contribution is 5.71. The van der Waals surface area contributed by atoms with Crippen molar-refractivity contribution >= 4 is 17.9 Å². The summed E-state index contributed by atoms with van der Waals surface area (Å²) in [5, 5.41) is 0. The monoisotopic (exact) mass is 1090 g/mol. The van der Waals surface area contributed by atoms with Gasteiger partial charge in [0.2, 0.25) is 0 Å². The zero-order chi connectivity index (χ0) is 57.1. The van der Waals surface area contributed by atoms with Gasteiger partial charge < -0.3 is 14.2 Å². The van der Waals surface area contributed by atoms with Crippen LogP contribution in [0.5, 0.6) is 0 Å². The molecule has 0 saturated heterocycles. The van der Waals surface area contributed by atoms with Gasteiger partial charge in [0.25, 0.3) is 0 Å². The molecular formula is C73H120O6. The Morgan fingerprint density at radius 1 is 0.266 bits per heavy atom. The Bertz CT molecular complexity index is 1680. The Kier molecular flexibility index (Phi) is 62.3. The lowest BCUT2D eigenvalue weighted by Gasteiger charge is -2.18. The topological polar surface area (TPSA) is 78.9 Å². The summed E-state index contributed by atoms with van der Waals surface area (Å²) in [6, 6.07) is 0.